The number of hydrogen-bond donors (Lipinski definition) is 0. The molecule has 0 spiro atoms. The normalized spacial score (nSPS) is 16.0. The van der Waals surface area contributed by atoms with Crippen molar-refractivity contribution < 1.29 is 15.7 Å². The molecule has 1 aromatic carbocycles. The van der Waals surface area contributed by atoms with E-state index in [1.54, 1.807) is 0 Å². The molecule has 0 saturated carbocycles. The average Bonchev–Trinajstić information content (AvgIpc) is 2.23. The van der Waals surface area contributed by atoms with Gasteiger partial charge in [-0.3, -0.25) is 4.90 Å². The van der Waals surface area contributed by atoms with Crippen LogP contribution in [0.1, 0.15) is 5.56 Å². The molecule has 4 N–H and O–H groups in total. The van der Waals surface area contributed by atoms with Crippen LogP contribution in [0.3, 0.4) is 0 Å². The Morgan fingerprint density at radius 2 is 1.62 bits per heavy atom. The molecule has 1 heterocycles. The molecule has 0 atom stereocenters. The van der Waals surface area contributed by atoms with Gasteiger partial charge in [0, 0.05) is 19.6 Å². The minimum atomic E-state index is 0. The van der Waals surface area contributed by atoms with E-state index < -0.39 is 0 Å². The fraction of sp³-hybridized carbons (Fsp3) is 0.455. The summed E-state index contributed by atoms with van der Waals surface area (Å²) in [5.41, 5.74) is 2.15. The summed E-state index contributed by atoms with van der Waals surface area (Å²) < 4.78 is 5.29. The molecule has 1 aromatic rings. The van der Waals surface area contributed by atoms with Gasteiger partial charge in [-0.15, -0.1) is 0 Å². The van der Waals surface area contributed by atoms with E-state index in [-0.39, 0.29) is 11.0 Å². The van der Waals surface area contributed by atoms with E-state index in [0.29, 0.717) is 0 Å². The zero-order valence-electron chi connectivity index (χ0n) is 9.28. The highest BCUT2D eigenvalue weighted by atomic mass is 16.5. The SMILES string of the molecule is O.O.[B]c1ccc(CN2CCOCC2)cc1. The summed E-state index contributed by atoms with van der Waals surface area (Å²) in [7, 11) is 5.63. The highest BCUT2D eigenvalue weighted by Gasteiger charge is 2.09. The molecule has 0 amide bonds. The highest BCUT2D eigenvalue weighted by Crippen LogP contribution is 2.05. The smallest absolute Gasteiger partial charge is 0.113 e. The van der Waals surface area contributed by atoms with Crippen LogP contribution in [0.4, 0.5) is 0 Å². The third kappa shape index (κ3) is 4.32. The minimum Gasteiger partial charge on any atom is -0.412 e. The molecule has 1 saturated heterocycles. The zero-order chi connectivity index (χ0) is 9.80. The van der Waals surface area contributed by atoms with Crippen LogP contribution < -0.4 is 5.46 Å². The predicted octanol–water partition coefficient (Wildman–Crippen LogP) is -1.34. The first-order valence-electron chi connectivity index (χ1n) is 4.99. The van der Waals surface area contributed by atoms with Crippen LogP contribution in [-0.4, -0.2) is 50.0 Å². The molecule has 5 heteroatoms. The first-order valence-corrected chi connectivity index (χ1v) is 4.99. The van der Waals surface area contributed by atoms with Gasteiger partial charge in [0.15, 0.2) is 0 Å². The molecule has 4 nitrogen and oxygen atoms in total. The first kappa shape index (κ1) is 15.1. The van der Waals surface area contributed by atoms with Gasteiger partial charge in [-0.05, 0) is 5.56 Å². The van der Waals surface area contributed by atoms with Crippen molar-refractivity contribution in [2.45, 2.75) is 6.54 Å². The predicted molar refractivity (Wildman–Crippen MR) is 65.2 cm³/mol. The van der Waals surface area contributed by atoms with Crippen LogP contribution in [0.15, 0.2) is 24.3 Å². The molecule has 88 valence electrons. The molecule has 16 heavy (non-hydrogen) atoms. The van der Waals surface area contributed by atoms with E-state index in [1.165, 1.54) is 5.56 Å². The Morgan fingerprint density at radius 3 is 2.19 bits per heavy atom. The lowest BCUT2D eigenvalue weighted by molar-refractivity contribution is 0.0342. The van der Waals surface area contributed by atoms with Crippen molar-refractivity contribution >= 4 is 13.3 Å². The lowest BCUT2D eigenvalue weighted by atomic mass is 9.95. The number of ether oxygens (including phenoxy) is 1. The quantitative estimate of drug-likeness (QED) is 0.582. The second-order valence-electron chi connectivity index (χ2n) is 3.63. The first-order chi connectivity index (χ1) is 6.84. The van der Waals surface area contributed by atoms with Crippen LogP contribution >= 0.6 is 0 Å². The molecule has 1 aliphatic rings. The van der Waals surface area contributed by atoms with E-state index in [2.05, 4.69) is 17.0 Å². The molecular formula is C11H18BNO3. The highest BCUT2D eigenvalue weighted by molar-refractivity contribution is 6.32. The maximum atomic E-state index is 5.63. The molecule has 0 bridgehead atoms. The summed E-state index contributed by atoms with van der Waals surface area (Å²) in [4.78, 5) is 2.40. The van der Waals surface area contributed by atoms with Crippen molar-refractivity contribution in [3.05, 3.63) is 29.8 Å². The molecule has 1 aliphatic heterocycles. The van der Waals surface area contributed by atoms with Gasteiger partial charge in [0.2, 0.25) is 0 Å². The summed E-state index contributed by atoms with van der Waals surface area (Å²) >= 11 is 0. The second-order valence-corrected chi connectivity index (χ2v) is 3.63. The van der Waals surface area contributed by atoms with Crippen LogP contribution in [0.2, 0.25) is 0 Å². The molecular weight excluding hydrogens is 205 g/mol. The Hall–Kier alpha value is -0.875. The van der Waals surface area contributed by atoms with Gasteiger partial charge in [-0.1, -0.05) is 29.7 Å². The van der Waals surface area contributed by atoms with Gasteiger partial charge in [0.25, 0.3) is 0 Å². The third-order valence-corrected chi connectivity index (χ3v) is 2.49. The molecule has 0 aliphatic carbocycles. The van der Waals surface area contributed by atoms with E-state index in [0.717, 1.165) is 38.3 Å². The second kappa shape index (κ2) is 7.41. The number of hydrogen-bond acceptors (Lipinski definition) is 2. The van der Waals surface area contributed by atoms with E-state index in [4.69, 9.17) is 12.6 Å². The molecule has 0 unspecified atom stereocenters. The molecule has 1 fully saturated rings. The number of benzene rings is 1. The molecule has 2 rings (SSSR count). The van der Waals surface area contributed by atoms with Gasteiger partial charge in [0.1, 0.15) is 7.85 Å². The standard InChI is InChI=1S/C11H14BNO.2H2O/c12-11-3-1-10(2-4-11)9-13-5-7-14-8-6-13;;/h1-4H,5-9H2;2*1H2. The summed E-state index contributed by atoms with van der Waals surface area (Å²) in [6.45, 7) is 4.78. The summed E-state index contributed by atoms with van der Waals surface area (Å²) in [5, 5.41) is 0. The Morgan fingerprint density at radius 1 is 1.06 bits per heavy atom. The summed E-state index contributed by atoms with van der Waals surface area (Å²) in [6, 6.07) is 8.08. The Kier molecular flexibility index (Phi) is 7.00. The Balaban J connectivity index is 0.00000112. The van der Waals surface area contributed by atoms with Gasteiger partial charge in [-0.25, -0.2) is 0 Å². The van der Waals surface area contributed by atoms with Crippen molar-refractivity contribution in [2.24, 2.45) is 0 Å². The van der Waals surface area contributed by atoms with E-state index in [9.17, 15) is 0 Å². The largest absolute Gasteiger partial charge is 0.412 e. The number of rotatable bonds is 2. The van der Waals surface area contributed by atoms with Crippen molar-refractivity contribution in [2.75, 3.05) is 26.3 Å². The Bertz CT molecular complexity index is 286. The zero-order valence-corrected chi connectivity index (χ0v) is 9.28. The monoisotopic (exact) mass is 223 g/mol. The van der Waals surface area contributed by atoms with Gasteiger partial charge in [-0.2, -0.15) is 0 Å². The van der Waals surface area contributed by atoms with Gasteiger partial charge in [0.05, 0.1) is 13.2 Å². The summed E-state index contributed by atoms with van der Waals surface area (Å²) in [6.07, 6.45) is 0. The third-order valence-electron chi connectivity index (χ3n) is 2.49. The fourth-order valence-electron chi connectivity index (χ4n) is 1.64. The summed E-state index contributed by atoms with van der Waals surface area (Å²) in [5.74, 6) is 0. The van der Waals surface area contributed by atoms with E-state index >= 15 is 0 Å². The lowest BCUT2D eigenvalue weighted by Crippen LogP contribution is -2.35. The lowest BCUT2D eigenvalue weighted by Gasteiger charge is -2.26. The van der Waals surface area contributed by atoms with Crippen LogP contribution in [0.25, 0.3) is 0 Å². The number of nitrogens with zero attached hydrogens (tertiary/aromatic N) is 1. The number of morpholine rings is 1. The fourth-order valence-corrected chi connectivity index (χ4v) is 1.64. The van der Waals surface area contributed by atoms with Crippen molar-refractivity contribution in [3.8, 4) is 0 Å². The van der Waals surface area contributed by atoms with Crippen molar-refractivity contribution in [1.29, 1.82) is 0 Å². The van der Waals surface area contributed by atoms with Crippen molar-refractivity contribution in [1.82, 2.24) is 4.90 Å². The maximum Gasteiger partial charge on any atom is 0.113 e. The average molecular weight is 223 g/mol. The topological polar surface area (TPSA) is 75.5 Å². The Labute approximate surface area is 97.2 Å². The van der Waals surface area contributed by atoms with Crippen LogP contribution in [0.5, 0.6) is 0 Å². The van der Waals surface area contributed by atoms with Gasteiger partial charge >= 0.3 is 0 Å². The maximum absolute atomic E-state index is 5.63. The van der Waals surface area contributed by atoms with Crippen molar-refractivity contribution in [3.63, 3.8) is 0 Å². The molecule has 2 radical (unpaired) electrons. The van der Waals surface area contributed by atoms with Crippen LogP contribution in [-0.2, 0) is 11.3 Å². The van der Waals surface area contributed by atoms with Gasteiger partial charge < -0.3 is 15.7 Å². The molecule has 0 aromatic heterocycles. The minimum absolute atomic E-state index is 0. The van der Waals surface area contributed by atoms with E-state index in [1.807, 2.05) is 12.1 Å². The van der Waals surface area contributed by atoms with Crippen LogP contribution in [0, 0.1) is 0 Å².